The number of aryl methyl sites for hydroxylation is 2. The van der Waals surface area contributed by atoms with Gasteiger partial charge in [0.2, 0.25) is 0 Å². The quantitative estimate of drug-likeness (QED) is 0.758. The second-order valence-corrected chi connectivity index (χ2v) is 6.09. The molecule has 2 aromatic carbocycles. The minimum atomic E-state index is -0.206. The molecule has 0 unspecified atom stereocenters. The Balaban J connectivity index is 1.59. The van der Waals surface area contributed by atoms with E-state index in [0.717, 1.165) is 17.0 Å². The third-order valence-corrected chi connectivity index (χ3v) is 4.11. The summed E-state index contributed by atoms with van der Waals surface area (Å²) < 4.78 is 11.1. The minimum absolute atomic E-state index is 0.206. The van der Waals surface area contributed by atoms with E-state index in [-0.39, 0.29) is 5.91 Å². The average molecular weight is 350 g/mol. The molecule has 1 aliphatic heterocycles. The number of amides is 1. The molecule has 0 bridgehead atoms. The number of rotatable bonds is 3. The molecule has 0 atom stereocenters. The molecular weight excluding hydrogens is 332 g/mol. The van der Waals surface area contributed by atoms with E-state index in [0.29, 0.717) is 41.8 Å². The van der Waals surface area contributed by atoms with Crippen molar-refractivity contribution in [2.24, 2.45) is 0 Å². The lowest BCUT2D eigenvalue weighted by molar-refractivity contribution is 0.102. The van der Waals surface area contributed by atoms with Gasteiger partial charge in [0.1, 0.15) is 19.0 Å². The monoisotopic (exact) mass is 350 g/mol. The van der Waals surface area contributed by atoms with Gasteiger partial charge in [-0.05, 0) is 43.7 Å². The van der Waals surface area contributed by atoms with E-state index in [9.17, 15) is 4.79 Å². The highest BCUT2D eigenvalue weighted by Gasteiger charge is 2.18. The normalized spacial score (nSPS) is 12.7. The van der Waals surface area contributed by atoms with Gasteiger partial charge in [-0.2, -0.15) is 5.10 Å². The predicted octanol–water partition coefficient (Wildman–Crippen LogP) is 3.11. The van der Waals surface area contributed by atoms with Crippen molar-refractivity contribution >= 4 is 11.6 Å². The summed E-state index contributed by atoms with van der Waals surface area (Å²) in [5.41, 5.74) is 2.87. The molecule has 3 aromatic rings. The molecule has 1 aliphatic rings. The molecule has 7 heteroatoms. The van der Waals surface area contributed by atoms with Crippen LogP contribution in [0.4, 0.5) is 5.69 Å². The molecule has 1 amide bonds. The van der Waals surface area contributed by atoms with Crippen LogP contribution in [-0.2, 0) is 0 Å². The maximum Gasteiger partial charge on any atom is 0.256 e. The molecule has 0 radical (unpaired) electrons. The lowest BCUT2D eigenvalue weighted by atomic mass is 10.1. The van der Waals surface area contributed by atoms with Gasteiger partial charge in [0.05, 0.1) is 0 Å². The standard InChI is InChI=1S/C19H18N4O3/c1-11-8-16-17(26-7-6-25-16)10-15(11)19(24)21-14-5-3-4-13(9-14)18-20-12(2)22-23-18/h3-5,8-10H,6-7H2,1-2H3,(H,21,24)(H,20,22,23). The van der Waals surface area contributed by atoms with Crippen molar-refractivity contribution in [3.8, 4) is 22.9 Å². The number of H-pyrrole nitrogens is 1. The number of nitrogens with one attached hydrogen (secondary N) is 2. The maximum absolute atomic E-state index is 12.7. The highest BCUT2D eigenvalue weighted by atomic mass is 16.6. The lowest BCUT2D eigenvalue weighted by Crippen LogP contribution is -2.18. The Morgan fingerprint density at radius 3 is 2.62 bits per heavy atom. The molecule has 0 aliphatic carbocycles. The van der Waals surface area contributed by atoms with Crippen molar-refractivity contribution in [1.29, 1.82) is 0 Å². The number of carbonyl (C=O) groups excluding carboxylic acids is 1. The van der Waals surface area contributed by atoms with Gasteiger partial charge in [-0.15, -0.1) is 0 Å². The van der Waals surface area contributed by atoms with Crippen LogP contribution >= 0.6 is 0 Å². The van der Waals surface area contributed by atoms with E-state index in [1.165, 1.54) is 0 Å². The van der Waals surface area contributed by atoms with Gasteiger partial charge in [0, 0.05) is 16.8 Å². The average Bonchev–Trinajstić information content (AvgIpc) is 3.08. The van der Waals surface area contributed by atoms with Gasteiger partial charge in [-0.25, -0.2) is 4.98 Å². The van der Waals surface area contributed by atoms with Crippen LogP contribution in [0.25, 0.3) is 11.4 Å². The summed E-state index contributed by atoms with van der Waals surface area (Å²) >= 11 is 0. The van der Waals surface area contributed by atoms with Gasteiger partial charge in [0.25, 0.3) is 5.91 Å². The van der Waals surface area contributed by atoms with Crippen LogP contribution < -0.4 is 14.8 Å². The Kier molecular flexibility index (Phi) is 4.04. The van der Waals surface area contributed by atoms with E-state index < -0.39 is 0 Å². The van der Waals surface area contributed by atoms with E-state index in [2.05, 4.69) is 20.5 Å². The molecule has 2 N–H and O–H groups in total. The van der Waals surface area contributed by atoms with Gasteiger partial charge in [-0.3, -0.25) is 9.89 Å². The Bertz CT molecular complexity index is 981. The number of fused-ring (bicyclic) bond motifs is 1. The highest BCUT2D eigenvalue weighted by molar-refractivity contribution is 6.06. The van der Waals surface area contributed by atoms with Crippen LogP contribution in [0.1, 0.15) is 21.7 Å². The summed E-state index contributed by atoms with van der Waals surface area (Å²) in [7, 11) is 0. The molecule has 132 valence electrons. The van der Waals surface area contributed by atoms with Crippen LogP contribution in [0.3, 0.4) is 0 Å². The van der Waals surface area contributed by atoms with E-state index >= 15 is 0 Å². The van der Waals surface area contributed by atoms with Crippen LogP contribution in [0, 0.1) is 13.8 Å². The van der Waals surface area contributed by atoms with Gasteiger partial charge in [0.15, 0.2) is 17.3 Å². The lowest BCUT2D eigenvalue weighted by Gasteiger charge is -2.20. The Labute approximate surface area is 150 Å². The first-order valence-corrected chi connectivity index (χ1v) is 8.31. The van der Waals surface area contributed by atoms with Gasteiger partial charge < -0.3 is 14.8 Å². The Hall–Kier alpha value is -3.35. The van der Waals surface area contributed by atoms with Crippen molar-refractivity contribution in [2.75, 3.05) is 18.5 Å². The number of benzene rings is 2. The zero-order valence-electron chi connectivity index (χ0n) is 14.5. The first kappa shape index (κ1) is 16.1. The molecule has 0 spiro atoms. The number of aromatic nitrogens is 3. The fourth-order valence-electron chi connectivity index (χ4n) is 2.84. The van der Waals surface area contributed by atoms with Crippen LogP contribution in [0.15, 0.2) is 36.4 Å². The van der Waals surface area contributed by atoms with E-state index in [1.54, 1.807) is 6.07 Å². The van der Waals surface area contributed by atoms with Crippen molar-refractivity contribution < 1.29 is 14.3 Å². The van der Waals surface area contributed by atoms with Crippen molar-refractivity contribution in [3.63, 3.8) is 0 Å². The second-order valence-electron chi connectivity index (χ2n) is 6.09. The first-order valence-electron chi connectivity index (χ1n) is 8.31. The molecule has 0 saturated carbocycles. The smallest absolute Gasteiger partial charge is 0.256 e. The summed E-state index contributed by atoms with van der Waals surface area (Å²) in [4.78, 5) is 17.0. The number of hydrogen-bond donors (Lipinski definition) is 2. The molecule has 0 fully saturated rings. The largest absolute Gasteiger partial charge is 0.486 e. The molecule has 26 heavy (non-hydrogen) atoms. The first-order chi connectivity index (χ1) is 12.6. The SMILES string of the molecule is Cc1nc(-c2cccc(NC(=O)c3cc4c(cc3C)OCCO4)c2)n[nH]1. The summed E-state index contributed by atoms with van der Waals surface area (Å²) in [5, 5.41) is 9.88. The Morgan fingerprint density at radius 2 is 1.88 bits per heavy atom. The number of aromatic amines is 1. The Morgan fingerprint density at radius 1 is 1.12 bits per heavy atom. The van der Waals surface area contributed by atoms with E-state index in [4.69, 9.17) is 9.47 Å². The summed E-state index contributed by atoms with van der Waals surface area (Å²) in [6, 6.07) is 11.0. The summed E-state index contributed by atoms with van der Waals surface area (Å²) in [5.74, 6) is 2.39. The van der Waals surface area contributed by atoms with E-state index in [1.807, 2.05) is 44.2 Å². The van der Waals surface area contributed by atoms with Crippen molar-refractivity contribution in [3.05, 3.63) is 53.3 Å². The molecule has 1 aromatic heterocycles. The van der Waals surface area contributed by atoms with Crippen LogP contribution in [0.2, 0.25) is 0 Å². The number of nitrogens with zero attached hydrogens (tertiary/aromatic N) is 2. The number of hydrogen-bond acceptors (Lipinski definition) is 5. The van der Waals surface area contributed by atoms with Crippen LogP contribution in [0.5, 0.6) is 11.5 Å². The molecule has 7 nitrogen and oxygen atoms in total. The topological polar surface area (TPSA) is 89.1 Å². The summed E-state index contributed by atoms with van der Waals surface area (Å²) in [6.45, 7) is 4.72. The fraction of sp³-hybridized carbons (Fsp3) is 0.211. The number of anilines is 1. The molecule has 2 heterocycles. The second kappa shape index (κ2) is 6.51. The zero-order valence-corrected chi connectivity index (χ0v) is 14.5. The van der Waals surface area contributed by atoms with Gasteiger partial charge in [-0.1, -0.05) is 12.1 Å². The molecule has 0 saturated heterocycles. The highest BCUT2D eigenvalue weighted by Crippen LogP contribution is 2.33. The molecule has 4 rings (SSSR count). The third kappa shape index (κ3) is 3.11. The van der Waals surface area contributed by atoms with Crippen molar-refractivity contribution in [2.45, 2.75) is 13.8 Å². The zero-order chi connectivity index (χ0) is 18.1. The maximum atomic E-state index is 12.7. The minimum Gasteiger partial charge on any atom is -0.486 e. The number of carbonyl (C=O) groups is 1. The fourth-order valence-corrected chi connectivity index (χ4v) is 2.84. The molecular formula is C19H18N4O3. The third-order valence-electron chi connectivity index (χ3n) is 4.11. The number of ether oxygens (including phenoxy) is 2. The summed E-state index contributed by atoms with van der Waals surface area (Å²) in [6.07, 6.45) is 0. The van der Waals surface area contributed by atoms with Crippen LogP contribution in [-0.4, -0.2) is 34.3 Å². The predicted molar refractivity (Wildman–Crippen MR) is 96.7 cm³/mol. The van der Waals surface area contributed by atoms with Crippen molar-refractivity contribution in [1.82, 2.24) is 15.2 Å². The van der Waals surface area contributed by atoms with Gasteiger partial charge >= 0.3 is 0 Å².